The van der Waals surface area contributed by atoms with Gasteiger partial charge in [0.05, 0.1) is 17.1 Å². The fraction of sp³-hybridized carbons (Fsp3) is 0.833. The number of hydrogen-bond acceptors (Lipinski definition) is 5. The van der Waals surface area contributed by atoms with Gasteiger partial charge in [-0.15, -0.1) is 0 Å². The Labute approximate surface area is 112 Å². The van der Waals surface area contributed by atoms with Crippen LogP contribution in [0.1, 0.15) is 32.1 Å². The quantitative estimate of drug-likeness (QED) is 0.538. The predicted octanol–water partition coefficient (Wildman–Crippen LogP) is 0.280. The van der Waals surface area contributed by atoms with Crippen LogP contribution in [-0.4, -0.2) is 43.0 Å². The van der Waals surface area contributed by atoms with Crippen LogP contribution < -0.4 is 0 Å². The minimum absolute atomic E-state index is 0.105. The third kappa shape index (κ3) is 2.08. The Bertz CT molecular complexity index is 508. The second-order valence-corrected chi connectivity index (χ2v) is 7.76. The Balaban J connectivity index is 1.77. The van der Waals surface area contributed by atoms with Gasteiger partial charge in [0, 0.05) is 13.1 Å². The number of cyclic esters (lactones) is 2. The number of esters is 2. The minimum Gasteiger partial charge on any atom is -0.393 e. The second kappa shape index (κ2) is 4.56. The Morgan fingerprint density at radius 2 is 1.63 bits per heavy atom. The molecule has 2 heterocycles. The SMILES string of the molecule is O=C1OC(=O)C2CN(S(=O)(=O)C3CCCC3)CCC12. The summed E-state index contributed by atoms with van der Waals surface area (Å²) >= 11 is 0. The average Bonchev–Trinajstić information content (AvgIpc) is 2.99. The maximum absolute atomic E-state index is 12.5. The molecule has 3 rings (SSSR count). The Kier molecular flexibility index (Phi) is 3.13. The van der Waals surface area contributed by atoms with E-state index in [0.717, 1.165) is 12.8 Å². The van der Waals surface area contributed by atoms with Crippen molar-refractivity contribution >= 4 is 22.0 Å². The van der Waals surface area contributed by atoms with Gasteiger partial charge in [-0.25, -0.2) is 12.7 Å². The number of piperidine rings is 1. The van der Waals surface area contributed by atoms with Gasteiger partial charge in [-0.05, 0) is 19.3 Å². The van der Waals surface area contributed by atoms with Gasteiger partial charge < -0.3 is 4.74 Å². The molecule has 3 aliphatic rings. The Hall–Kier alpha value is -0.950. The number of ether oxygens (including phenoxy) is 1. The van der Waals surface area contributed by atoms with Gasteiger partial charge in [-0.3, -0.25) is 9.59 Å². The summed E-state index contributed by atoms with van der Waals surface area (Å²) < 4.78 is 30.9. The number of hydrogen-bond donors (Lipinski definition) is 0. The fourth-order valence-electron chi connectivity index (χ4n) is 3.32. The molecular weight excluding hydrogens is 270 g/mol. The minimum atomic E-state index is -3.33. The van der Waals surface area contributed by atoms with Crippen molar-refractivity contribution in [2.75, 3.05) is 13.1 Å². The van der Waals surface area contributed by atoms with Crippen LogP contribution in [0.2, 0.25) is 0 Å². The maximum atomic E-state index is 12.5. The molecule has 6 nitrogen and oxygen atoms in total. The van der Waals surface area contributed by atoms with Crippen LogP contribution in [0.4, 0.5) is 0 Å². The molecule has 2 atom stereocenters. The molecular formula is C12H17NO5S. The van der Waals surface area contributed by atoms with Gasteiger partial charge in [0.25, 0.3) is 0 Å². The van der Waals surface area contributed by atoms with Gasteiger partial charge in [0.15, 0.2) is 0 Å². The van der Waals surface area contributed by atoms with Crippen molar-refractivity contribution in [2.24, 2.45) is 11.8 Å². The molecule has 7 heteroatoms. The van der Waals surface area contributed by atoms with Crippen LogP contribution in [0.25, 0.3) is 0 Å². The number of carbonyl (C=O) groups is 2. The van der Waals surface area contributed by atoms with Gasteiger partial charge in [-0.2, -0.15) is 0 Å². The molecule has 0 amide bonds. The van der Waals surface area contributed by atoms with Gasteiger partial charge in [0.2, 0.25) is 10.0 Å². The third-order valence-electron chi connectivity index (χ3n) is 4.47. The van der Waals surface area contributed by atoms with Crippen molar-refractivity contribution in [3.05, 3.63) is 0 Å². The van der Waals surface area contributed by atoms with E-state index in [0.29, 0.717) is 25.8 Å². The molecule has 2 unspecified atom stereocenters. The molecule has 3 fully saturated rings. The summed E-state index contributed by atoms with van der Waals surface area (Å²) in [5.41, 5.74) is 0. The molecule has 19 heavy (non-hydrogen) atoms. The number of nitrogens with zero attached hydrogens (tertiary/aromatic N) is 1. The zero-order chi connectivity index (χ0) is 13.6. The van der Waals surface area contributed by atoms with Crippen molar-refractivity contribution in [3.8, 4) is 0 Å². The van der Waals surface area contributed by atoms with E-state index in [1.54, 1.807) is 0 Å². The molecule has 0 aromatic carbocycles. The van der Waals surface area contributed by atoms with Crippen molar-refractivity contribution in [1.82, 2.24) is 4.31 Å². The van der Waals surface area contributed by atoms with Crippen LogP contribution in [0, 0.1) is 11.8 Å². The maximum Gasteiger partial charge on any atom is 0.318 e. The van der Waals surface area contributed by atoms with Crippen molar-refractivity contribution in [3.63, 3.8) is 0 Å². The molecule has 0 N–H and O–H groups in total. The fourth-order valence-corrected chi connectivity index (χ4v) is 5.40. The van der Waals surface area contributed by atoms with E-state index < -0.39 is 33.8 Å². The monoisotopic (exact) mass is 287 g/mol. The standard InChI is InChI=1S/C12H17NO5S/c14-11-9-5-6-13(7-10(9)12(15)18-11)19(16,17)8-3-1-2-4-8/h8-10H,1-7H2. The number of sulfonamides is 1. The number of carbonyl (C=O) groups excluding carboxylic acids is 2. The smallest absolute Gasteiger partial charge is 0.318 e. The normalized spacial score (nSPS) is 33.5. The van der Waals surface area contributed by atoms with E-state index >= 15 is 0 Å². The summed E-state index contributed by atoms with van der Waals surface area (Å²) in [6.45, 7) is 0.427. The second-order valence-electron chi connectivity index (χ2n) is 5.55. The van der Waals surface area contributed by atoms with Crippen LogP contribution in [0.5, 0.6) is 0 Å². The molecule has 2 saturated heterocycles. The first-order valence-corrected chi connectivity index (χ1v) is 8.25. The highest BCUT2D eigenvalue weighted by Gasteiger charge is 2.50. The molecule has 2 aliphatic heterocycles. The van der Waals surface area contributed by atoms with E-state index in [1.165, 1.54) is 4.31 Å². The highest BCUT2D eigenvalue weighted by atomic mass is 32.2. The lowest BCUT2D eigenvalue weighted by molar-refractivity contribution is -0.153. The molecule has 0 spiro atoms. The lowest BCUT2D eigenvalue weighted by Gasteiger charge is -2.32. The third-order valence-corrected chi connectivity index (χ3v) is 6.83. The topological polar surface area (TPSA) is 80.8 Å². The zero-order valence-electron chi connectivity index (χ0n) is 10.6. The molecule has 1 saturated carbocycles. The highest BCUT2D eigenvalue weighted by molar-refractivity contribution is 7.89. The van der Waals surface area contributed by atoms with Crippen molar-refractivity contribution in [2.45, 2.75) is 37.4 Å². The zero-order valence-corrected chi connectivity index (χ0v) is 11.4. The Morgan fingerprint density at radius 3 is 2.32 bits per heavy atom. The average molecular weight is 287 g/mol. The van der Waals surface area contributed by atoms with Crippen molar-refractivity contribution in [1.29, 1.82) is 0 Å². The van der Waals surface area contributed by atoms with Crippen LogP contribution in [0.15, 0.2) is 0 Å². The molecule has 0 aromatic heterocycles. The van der Waals surface area contributed by atoms with Gasteiger partial charge in [-0.1, -0.05) is 12.8 Å². The summed E-state index contributed by atoms with van der Waals surface area (Å²) in [4.78, 5) is 23.0. The van der Waals surface area contributed by atoms with E-state index in [9.17, 15) is 18.0 Å². The first-order valence-electron chi connectivity index (χ1n) is 6.74. The van der Waals surface area contributed by atoms with E-state index in [2.05, 4.69) is 4.74 Å². The van der Waals surface area contributed by atoms with Gasteiger partial charge >= 0.3 is 11.9 Å². The van der Waals surface area contributed by atoms with Crippen LogP contribution in [-0.2, 0) is 24.3 Å². The highest BCUT2D eigenvalue weighted by Crippen LogP contribution is 2.35. The summed E-state index contributed by atoms with van der Waals surface area (Å²) in [6, 6.07) is 0. The molecule has 1 aliphatic carbocycles. The summed E-state index contributed by atoms with van der Waals surface area (Å²) in [6.07, 6.45) is 3.70. The lowest BCUT2D eigenvalue weighted by atomic mass is 9.89. The molecule has 106 valence electrons. The predicted molar refractivity (Wildman–Crippen MR) is 65.4 cm³/mol. The molecule has 0 aromatic rings. The lowest BCUT2D eigenvalue weighted by Crippen LogP contribution is -2.47. The summed E-state index contributed by atoms with van der Waals surface area (Å²) in [7, 11) is -3.33. The van der Waals surface area contributed by atoms with Gasteiger partial charge in [0.1, 0.15) is 0 Å². The number of rotatable bonds is 2. The number of fused-ring (bicyclic) bond motifs is 1. The van der Waals surface area contributed by atoms with Crippen molar-refractivity contribution < 1.29 is 22.7 Å². The van der Waals surface area contributed by atoms with E-state index in [-0.39, 0.29) is 11.8 Å². The largest absolute Gasteiger partial charge is 0.393 e. The Morgan fingerprint density at radius 1 is 1.00 bits per heavy atom. The van der Waals surface area contributed by atoms with E-state index in [1.807, 2.05) is 0 Å². The first kappa shape index (κ1) is 13.1. The summed E-state index contributed by atoms with van der Waals surface area (Å²) in [5, 5.41) is -0.308. The van der Waals surface area contributed by atoms with E-state index in [4.69, 9.17) is 0 Å². The molecule has 0 radical (unpaired) electrons. The molecule has 0 bridgehead atoms. The summed E-state index contributed by atoms with van der Waals surface area (Å²) in [5.74, 6) is -2.10. The first-order chi connectivity index (χ1) is 9.00. The van der Waals surface area contributed by atoms with Crippen LogP contribution in [0.3, 0.4) is 0 Å². The van der Waals surface area contributed by atoms with Crippen LogP contribution >= 0.6 is 0 Å².